The van der Waals surface area contributed by atoms with Crippen LogP contribution in [0, 0.1) is 0 Å². The zero-order chi connectivity index (χ0) is 22.9. The number of rotatable bonds is 6. The minimum absolute atomic E-state index is 0.00884. The zero-order valence-corrected chi connectivity index (χ0v) is 18.2. The van der Waals surface area contributed by atoms with E-state index in [1.54, 1.807) is 30.3 Å². The maximum absolute atomic E-state index is 12.5. The van der Waals surface area contributed by atoms with E-state index in [1.807, 2.05) is 36.4 Å². The first-order valence-electron chi connectivity index (χ1n) is 10.8. The highest BCUT2D eigenvalue weighted by Crippen LogP contribution is 2.19. The number of nitrogens with one attached hydrogen (secondary N) is 1. The summed E-state index contributed by atoms with van der Waals surface area (Å²) < 4.78 is 0. The van der Waals surface area contributed by atoms with Crippen molar-refractivity contribution in [1.29, 1.82) is 0 Å². The molecule has 1 aliphatic rings. The van der Waals surface area contributed by atoms with Crippen molar-refractivity contribution in [2.24, 2.45) is 15.3 Å². The number of phenolic OH excluding ortho intramolecular Hbond substituents is 1. The fourth-order valence-electron chi connectivity index (χ4n) is 3.56. The Morgan fingerprint density at radius 3 is 2.18 bits per heavy atom. The molecule has 3 aromatic rings. The third kappa shape index (κ3) is 6.24. The fraction of sp³-hybridized carbons (Fsp3) is 0.200. The molecule has 0 radical (unpaired) electrons. The second-order valence-electron chi connectivity index (χ2n) is 7.62. The molecule has 8 heteroatoms. The van der Waals surface area contributed by atoms with Gasteiger partial charge in [-0.05, 0) is 36.4 Å². The Kier molecular flexibility index (Phi) is 7.40. The van der Waals surface area contributed by atoms with E-state index >= 15 is 0 Å². The van der Waals surface area contributed by atoms with E-state index in [9.17, 15) is 9.90 Å². The number of carbonyl (C=O) groups excluding carboxylic acids is 1. The smallest absolute Gasteiger partial charge is 0.254 e. The molecule has 0 unspecified atom stereocenters. The van der Waals surface area contributed by atoms with Crippen LogP contribution in [0.3, 0.4) is 0 Å². The number of piperazine rings is 1. The van der Waals surface area contributed by atoms with Gasteiger partial charge in [-0.3, -0.25) is 9.69 Å². The van der Waals surface area contributed by atoms with Crippen molar-refractivity contribution in [3.05, 3.63) is 90.5 Å². The first-order valence-corrected chi connectivity index (χ1v) is 10.8. The number of nitrogens with zero attached hydrogens (tertiary/aromatic N) is 5. The van der Waals surface area contributed by atoms with Crippen molar-refractivity contribution in [2.45, 2.75) is 0 Å². The first kappa shape index (κ1) is 22.2. The molecule has 4 rings (SSSR count). The van der Waals surface area contributed by atoms with E-state index < -0.39 is 0 Å². The summed E-state index contributed by atoms with van der Waals surface area (Å²) in [5, 5.41) is 22.7. The predicted molar refractivity (Wildman–Crippen MR) is 129 cm³/mol. The molecule has 1 fully saturated rings. The van der Waals surface area contributed by atoms with Gasteiger partial charge in [0, 0.05) is 31.9 Å². The normalized spacial score (nSPS) is 15.0. The monoisotopic (exact) mass is 442 g/mol. The first-order chi connectivity index (χ1) is 16.2. The second-order valence-corrected chi connectivity index (χ2v) is 7.62. The average molecular weight is 443 g/mol. The van der Waals surface area contributed by atoms with Crippen molar-refractivity contribution in [3.8, 4) is 5.75 Å². The molecule has 1 saturated heterocycles. The van der Waals surface area contributed by atoms with Gasteiger partial charge in [0.15, 0.2) is 0 Å². The molecular formula is C25H26N6O2. The number of para-hydroxylation sites is 2. The number of aromatic hydroxyl groups is 1. The lowest BCUT2D eigenvalue weighted by atomic mass is 10.2. The van der Waals surface area contributed by atoms with Gasteiger partial charge in [-0.15, -0.1) is 10.2 Å². The van der Waals surface area contributed by atoms with Crippen LogP contribution in [0.15, 0.2) is 100 Å². The molecular weight excluding hydrogens is 416 g/mol. The second kappa shape index (κ2) is 11.0. The summed E-state index contributed by atoms with van der Waals surface area (Å²) in [6, 6.07) is 26.1. The van der Waals surface area contributed by atoms with E-state index in [4.69, 9.17) is 0 Å². The standard InChI is InChI=1S/C25H26N6O2/c32-23-14-8-7-13-22(23)25(28-26-20-9-3-1-4-10-20)29-27-24(33)19-30-15-17-31(18-16-30)21-11-5-2-6-12-21/h1-14,32H,15-19H2,(H,27,33)/b28-26?,29-25+. The molecule has 0 atom stereocenters. The van der Waals surface area contributed by atoms with Gasteiger partial charge in [0.2, 0.25) is 5.84 Å². The summed E-state index contributed by atoms with van der Waals surface area (Å²) in [6.07, 6.45) is 0. The number of phenols is 1. The average Bonchev–Trinajstić information content (AvgIpc) is 2.86. The van der Waals surface area contributed by atoms with Crippen LogP contribution in [0.1, 0.15) is 5.56 Å². The maximum Gasteiger partial charge on any atom is 0.254 e. The summed E-state index contributed by atoms with van der Waals surface area (Å²) in [4.78, 5) is 17.0. The highest BCUT2D eigenvalue weighted by atomic mass is 16.3. The third-order valence-electron chi connectivity index (χ3n) is 5.31. The quantitative estimate of drug-likeness (QED) is 0.263. The maximum atomic E-state index is 12.5. The van der Waals surface area contributed by atoms with Gasteiger partial charge in [0.25, 0.3) is 5.91 Å². The Bertz CT molecular complexity index is 1110. The number of azo groups is 1. The highest BCUT2D eigenvalue weighted by molar-refractivity contribution is 6.02. The number of amides is 1. The van der Waals surface area contributed by atoms with Crippen LogP contribution < -0.4 is 10.3 Å². The van der Waals surface area contributed by atoms with Crippen LogP contribution in [-0.4, -0.2) is 54.5 Å². The van der Waals surface area contributed by atoms with E-state index in [0.29, 0.717) is 11.3 Å². The highest BCUT2D eigenvalue weighted by Gasteiger charge is 2.19. The van der Waals surface area contributed by atoms with Crippen LogP contribution in [-0.2, 0) is 4.79 Å². The van der Waals surface area contributed by atoms with Crippen LogP contribution in [0.25, 0.3) is 0 Å². The van der Waals surface area contributed by atoms with E-state index in [-0.39, 0.29) is 24.0 Å². The van der Waals surface area contributed by atoms with Gasteiger partial charge in [-0.1, -0.05) is 48.5 Å². The van der Waals surface area contributed by atoms with Crippen molar-refractivity contribution in [3.63, 3.8) is 0 Å². The molecule has 33 heavy (non-hydrogen) atoms. The topological polar surface area (TPSA) is 92.9 Å². The number of amidine groups is 1. The predicted octanol–water partition coefficient (Wildman–Crippen LogP) is 3.78. The van der Waals surface area contributed by atoms with Crippen LogP contribution in [0.5, 0.6) is 5.75 Å². The Balaban J connectivity index is 1.38. The summed E-state index contributed by atoms with van der Waals surface area (Å²) in [5.41, 5.74) is 4.79. The van der Waals surface area contributed by atoms with Crippen molar-refractivity contribution in [2.75, 3.05) is 37.6 Å². The molecule has 0 bridgehead atoms. The molecule has 1 aliphatic heterocycles. The number of hydrogen-bond donors (Lipinski definition) is 2. The molecule has 0 spiro atoms. The van der Waals surface area contributed by atoms with E-state index in [0.717, 1.165) is 26.2 Å². The Hall–Kier alpha value is -4.04. The summed E-state index contributed by atoms with van der Waals surface area (Å²) in [7, 11) is 0. The van der Waals surface area contributed by atoms with Gasteiger partial charge >= 0.3 is 0 Å². The largest absolute Gasteiger partial charge is 0.507 e. The molecule has 0 saturated carbocycles. The Labute approximate surface area is 192 Å². The summed E-state index contributed by atoms with van der Waals surface area (Å²) in [6.45, 7) is 3.51. The minimum Gasteiger partial charge on any atom is -0.507 e. The Morgan fingerprint density at radius 1 is 0.848 bits per heavy atom. The molecule has 8 nitrogen and oxygen atoms in total. The molecule has 168 valence electrons. The van der Waals surface area contributed by atoms with Crippen LogP contribution in [0.2, 0.25) is 0 Å². The number of hydrogen-bond acceptors (Lipinski definition) is 6. The van der Waals surface area contributed by atoms with Gasteiger partial charge < -0.3 is 10.0 Å². The van der Waals surface area contributed by atoms with Crippen molar-refractivity contribution >= 4 is 23.1 Å². The van der Waals surface area contributed by atoms with Crippen molar-refractivity contribution < 1.29 is 9.90 Å². The van der Waals surface area contributed by atoms with Gasteiger partial charge in [-0.25, -0.2) is 5.43 Å². The zero-order valence-electron chi connectivity index (χ0n) is 18.2. The molecule has 3 aromatic carbocycles. The molecule has 1 amide bonds. The molecule has 1 heterocycles. The fourth-order valence-corrected chi connectivity index (χ4v) is 3.56. The molecule has 2 N–H and O–H groups in total. The molecule has 0 aromatic heterocycles. The number of benzene rings is 3. The Morgan fingerprint density at radius 2 is 1.48 bits per heavy atom. The van der Waals surface area contributed by atoms with Crippen LogP contribution >= 0.6 is 0 Å². The lowest BCUT2D eigenvalue weighted by molar-refractivity contribution is -0.122. The lowest BCUT2D eigenvalue weighted by Crippen LogP contribution is -2.49. The number of hydrazone groups is 1. The van der Waals surface area contributed by atoms with E-state index in [1.165, 1.54) is 11.8 Å². The van der Waals surface area contributed by atoms with Gasteiger partial charge in [-0.2, -0.15) is 5.10 Å². The van der Waals surface area contributed by atoms with E-state index in [2.05, 4.69) is 42.7 Å². The number of anilines is 1. The summed E-state index contributed by atoms with van der Waals surface area (Å²) >= 11 is 0. The third-order valence-corrected chi connectivity index (χ3v) is 5.31. The minimum atomic E-state index is -0.244. The summed E-state index contributed by atoms with van der Waals surface area (Å²) in [5.74, 6) is -0.111. The number of carbonyl (C=O) groups is 1. The van der Waals surface area contributed by atoms with Gasteiger partial charge in [0.05, 0.1) is 17.8 Å². The van der Waals surface area contributed by atoms with Crippen LogP contribution in [0.4, 0.5) is 11.4 Å². The van der Waals surface area contributed by atoms with Crippen molar-refractivity contribution in [1.82, 2.24) is 10.3 Å². The SMILES string of the molecule is O=C(CN1CCN(c2ccccc2)CC1)N/N=C(/N=Nc1ccccc1)c1ccccc1O. The lowest BCUT2D eigenvalue weighted by Gasteiger charge is -2.35. The van der Waals surface area contributed by atoms with Gasteiger partial charge in [0.1, 0.15) is 5.75 Å². The molecule has 0 aliphatic carbocycles.